The molecule has 6 nitrogen and oxygen atoms in total. The van der Waals surface area contributed by atoms with Gasteiger partial charge in [0.25, 0.3) is 0 Å². The zero-order valence-corrected chi connectivity index (χ0v) is 12.0. The lowest BCUT2D eigenvalue weighted by Crippen LogP contribution is -2.27. The molecule has 0 bridgehead atoms. The maximum Gasteiger partial charge on any atom is 0.173 e. The minimum absolute atomic E-state index is 0.0224. The molecular weight excluding hydrogens is 258 g/mol. The first-order valence-corrected chi connectivity index (χ1v) is 6.64. The van der Waals surface area contributed by atoms with Gasteiger partial charge in [0.15, 0.2) is 5.84 Å². The van der Waals surface area contributed by atoms with Gasteiger partial charge in [0.05, 0.1) is 19.3 Å². The minimum atomic E-state index is 0.0224. The standard InChI is InChI=1S/C14H23N3O3/c1-3-6-17(7-8-18)10-11-4-5-12(14(15)16-19)13(9-11)20-2/h4-5,9,18-19H,3,6-8,10H2,1-2H3,(H2,15,16). The number of aliphatic hydroxyl groups is 1. The third-order valence-electron chi connectivity index (χ3n) is 3.01. The van der Waals surface area contributed by atoms with Crippen molar-refractivity contribution in [3.63, 3.8) is 0 Å². The van der Waals surface area contributed by atoms with E-state index in [4.69, 9.17) is 20.8 Å². The minimum Gasteiger partial charge on any atom is -0.496 e. The molecule has 0 aliphatic carbocycles. The van der Waals surface area contributed by atoms with Gasteiger partial charge in [-0.2, -0.15) is 0 Å². The van der Waals surface area contributed by atoms with Crippen LogP contribution < -0.4 is 10.5 Å². The van der Waals surface area contributed by atoms with Crippen molar-refractivity contribution in [3.05, 3.63) is 29.3 Å². The van der Waals surface area contributed by atoms with Gasteiger partial charge in [-0.3, -0.25) is 4.90 Å². The Kier molecular flexibility index (Phi) is 6.83. The molecular formula is C14H23N3O3. The van der Waals surface area contributed by atoms with E-state index < -0.39 is 0 Å². The highest BCUT2D eigenvalue weighted by molar-refractivity contribution is 5.99. The van der Waals surface area contributed by atoms with E-state index in [0.717, 1.165) is 25.1 Å². The molecule has 112 valence electrons. The Balaban J connectivity index is 2.91. The normalized spacial score (nSPS) is 11.9. The molecule has 4 N–H and O–H groups in total. The summed E-state index contributed by atoms with van der Waals surface area (Å²) in [5.74, 6) is 0.590. The number of nitrogens with two attached hydrogens (primary N) is 1. The fourth-order valence-corrected chi connectivity index (χ4v) is 2.09. The molecule has 0 aliphatic rings. The maximum absolute atomic E-state index is 9.06. The lowest BCUT2D eigenvalue weighted by atomic mass is 10.1. The lowest BCUT2D eigenvalue weighted by molar-refractivity contribution is 0.190. The third-order valence-corrected chi connectivity index (χ3v) is 3.01. The summed E-state index contributed by atoms with van der Waals surface area (Å²) in [5.41, 5.74) is 7.21. The zero-order chi connectivity index (χ0) is 15.0. The summed E-state index contributed by atoms with van der Waals surface area (Å²) in [5, 5.41) is 20.8. The van der Waals surface area contributed by atoms with Crippen LogP contribution in [0.2, 0.25) is 0 Å². The van der Waals surface area contributed by atoms with Gasteiger partial charge >= 0.3 is 0 Å². The third kappa shape index (κ3) is 4.40. The molecule has 0 fully saturated rings. The highest BCUT2D eigenvalue weighted by Crippen LogP contribution is 2.21. The Hall–Kier alpha value is -1.79. The van der Waals surface area contributed by atoms with Gasteiger partial charge in [-0.05, 0) is 30.7 Å². The average Bonchev–Trinajstić information content (AvgIpc) is 2.46. The van der Waals surface area contributed by atoms with Crippen LogP contribution in [0.25, 0.3) is 0 Å². The van der Waals surface area contributed by atoms with E-state index >= 15 is 0 Å². The molecule has 1 aromatic carbocycles. The fourth-order valence-electron chi connectivity index (χ4n) is 2.09. The van der Waals surface area contributed by atoms with Crippen LogP contribution in [0.4, 0.5) is 0 Å². The lowest BCUT2D eigenvalue weighted by Gasteiger charge is -2.21. The molecule has 0 spiro atoms. The van der Waals surface area contributed by atoms with Crippen molar-refractivity contribution >= 4 is 5.84 Å². The molecule has 0 amide bonds. The highest BCUT2D eigenvalue weighted by atomic mass is 16.5. The molecule has 0 radical (unpaired) electrons. The molecule has 1 aromatic rings. The van der Waals surface area contributed by atoms with Crippen LogP contribution in [-0.4, -0.2) is 47.9 Å². The molecule has 20 heavy (non-hydrogen) atoms. The van der Waals surface area contributed by atoms with E-state index in [2.05, 4.69) is 17.0 Å². The predicted molar refractivity (Wildman–Crippen MR) is 78.2 cm³/mol. The van der Waals surface area contributed by atoms with E-state index in [1.54, 1.807) is 13.2 Å². The molecule has 1 rings (SSSR count). The van der Waals surface area contributed by atoms with Gasteiger partial charge < -0.3 is 20.8 Å². The highest BCUT2D eigenvalue weighted by Gasteiger charge is 2.11. The van der Waals surface area contributed by atoms with Gasteiger partial charge in [-0.25, -0.2) is 0 Å². The van der Waals surface area contributed by atoms with E-state index in [0.29, 0.717) is 17.9 Å². The molecule has 0 saturated carbocycles. The van der Waals surface area contributed by atoms with Crippen LogP contribution in [0.3, 0.4) is 0 Å². The average molecular weight is 281 g/mol. The first-order valence-electron chi connectivity index (χ1n) is 6.64. The summed E-state index contributed by atoms with van der Waals surface area (Å²) >= 11 is 0. The number of hydrogen-bond acceptors (Lipinski definition) is 5. The number of hydrogen-bond donors (Lipinski definition) is 3. The first-order chi connectivity index (χ1) is 9.65. The van der Waals surface area contributed by atoms with E-state index in [1.807, 2.05) is 12.1 Å². The van der Waals surface area contributed by atoms with Crippen LogP contribution in [0.5, 0.6) is 5.75 Å². The summed E-state index contributed by atoms with van der Waals surface area (Å²) in [6.45, 7) is 4.52. The molecule has 0 unspecified atom stereocenters. The van der Waals surface area contributed by atoms with Gasteiger partial charge in [-0.15, -0.1) is 0 Å². The number of amidine groups is 1. The first kappa shape index (κ1) is 16.3. The molecule has 0 saturated heterocycles. The van der Waals surface area contributed by atoms with Gasteiger partial charge in [0.1, 0.15) is 5.75 Å². The smallest absolute Gasteiger partial charge is 0.173 e. The van der Waals surface area contributed by atoms with E-state index in [-0.39, 0.29) is 12.4 Å². The van der Waals surface area contributed by atoms with Crippen LogP contribution in [0.1, 0.15) is 24.5 Å². The van der Waals surface area contributed by atoms with Gasteiger partial charge in [0.2, 0.25) is 0 Å². The Bertz CT molecular complexity index is 443. The molecule has 0 aromatic heterocycles. The molecule has 0 atom stereocenters. The Morgan fingerprint density at radius 1 is 1.40 bits per heavy atom. The Labute approximate surface area is 119 Å². The summed E-state index contributed by atoms with van der Waals surface area (Å²) in [7, 11) is 1.55. The number of ether oxygens (including phenoxy) is 1. The summed E-state index contributed by atoms with van der Waals surface area (Å²) in [4.78, 5) is 2.16. The number of aliphatic hydroxyl groups excluding tert-OH is 1. The van der Waals surface area contributed by atoms with Crippen molar-refractivity contribution in [3.8, 4) is 5.75 Å². The van der Waals surface area contributed by atoms with Crippen LogP contribution in [-0.2, 0) is 6.54 Å². The summed E-state index contributed by atoms with van der Waals surface area (Å²) in [6, 6.07) is 5.55. The van der Waals surface area contributed by atoms with Crippen molar-refractivity contribution in [2.24, 2.45) is 10.9 Å². The molecule has 0 aliphatic heterocycles. The zero-order valence-electron chi connectivity index (χ0n) is 12.0. The van der Waals surface area contributed by atoms with E-state index in [9.17, 15) is 0 Å². The van der Waals surface area contributed by atoms with Crippen molar-refractivity contribution in [2.75, 3.05) is 26.8 Å². The van der Waals surface area contributed by atoms with Crippen LogP contribution >= 0.6 is 0 Å². The largest absolute Gasteiger partial charge is 0.496 e. The van der Waals surface area contributed by atoms with Gasteiger partial charge in [-0.1, -0.05) is 18.1 Å². The number of nitrogens with zero attached hydrogens (tertiary/aromatic N) is 2. The number of oxime groups is 1. The fraction of sp³-hybridized carbons (Fsp3) is 0.500. The number of methoxy groups -OCH3 is 1. The van der Waals surface area contributed by atoms with Crippen molar-refractivity contribution in [1.82, 2.24) is 4.90 Å². The van der Waals surface area contributed by atoms with Crippen LogP contribution in [0, 0.1) is 0 Å². The topological polar surface area (TPSA) is 91.3 Å². The maximum atomic E-state index is 9.06. The second kappa shape index (κ2) is 8.39. The van der Waals surface area contributed by atoms with Gasteiger partial charge in [0, 0.05) is 13.1 Å². The predicted octanol–water partition coefficient (Wildman–Crippen LogP) is 0.994. The van der Waals surface area contributed by atoms with E-state index in [1.165, 1.54) is 0 Å². The Morgan fingerprint density at radius 3 is 2.70 bits per heavy atom. The molecule has 0 heterocycles. The van der Waals surface area contributed by atoms with Crippen molar-refractivity contribution in [2.45, 2.75) is 19.9 Å². The second-order valence-corrected chi connectivity index (χ2v) is 4.52. The quantitative estimate of drug-likeness (QED) is 0.286. The second-order valence-electron chi connectivity index (χ2n) is 4.52. The summed E-state index contributed by atoms with van der Waals surface area (Å²) < 4.78 is 5.27. The SMILES string of the molecule is CCCN(CCO)Cc1ccc(/C(N)=N/O)c(OC)c1. The van der Waals surface area contributed by atoms with Crippen molar-refractivity contribution < 1.29 is 15.1 Å². The van der Waals surface area contributed by atoms with Crippen LogP contribution in [0.15, 0.2) is 23.4 Å². The van der Waals surface area contributed by atoms with Crippen molar-refractivity contribution in [1.29, 1.82) is 0 Å². The number of benzene rings is 1. The Morgan fingerprint density at radius 2 is 2.15 bits per heavy atom. The molecule has 6 heteroatoms. The monoisotopic (exact) mass is 281 g/mol. The summed E-state index contributed by atoms with van der Waals surface area (Å²) in [6.07, 6.45) is 1.03. The number of rotatable bonds is 8.